The van der Waals surface area contributed by atoms with Crippen LogP contribution in [0.5, 0.6) is 11.5 Å². The van der Waals surface area contributed by atoms with Crippen molar-refractivity contribution in [2.45, 2.75) is 6.92 Å². The number of benzene rings is 1. The third-order valence-electron chi connectivity index (χ3n) is 3.04. The second-order valence-electron chi connectivity index (χ2n) is 4.45. The fraction of sp³-hybridized carbons (Fsp3) is 0.250. The summed E-state index contributed by atoms with van der Waals surface area (Å²) in [5, 5.41) is 0. The number of methoxy groups -OCH3 is 1. The summed E-state index contributed by atoms with van der Waals surface area (Å²) < 4.78 is 12.3. The molecule has 1 aromatic rings. The number of nitrogens with zero attached hydrogens (tertiary/aromatic N) is 1. The number of terminal acetylenes is 1. The predicted octanol–water partition coefficient (Wildman–Crippen LogP) is 3.69. The molecule has 0 bridgehead atoms. The zero-order valence-electron chi connectivity index (χ0n) is 12.6. The second-order valence-corrected chi connectivity index (χ2v) is 7.04. The maximum atomic E-state index is 12.3. The lowest BCUT2D eigenvalue weighted by molar-refractivity contribution is -0.121. The number of hydrogen-bond donors (Lipinski definition) is 0. The highest BCUT2D eigenvalue weighted by atomic mass is 79.9. The molecule has 0 atom stereocenters. The molecular weight excluding hydrogens is 398 g/mol. The van der Waals surface area contributed by atoms with Crippen molar-refractivity contribution in [1.29, 1.82) is 0 Å². The SMILES string of the molecule is C#CCOc1c(/C=C2\SC(=S)N(CC)C2=O)cc(Br)cc1OC. The molecule has 0 aliphatic carbocycles. The molecule has 0 radical (unpaired) electrons. The molecule has 0 aromatic heterocycles. The predicted molar refractivity (Wildman–Crippen MR) is 101 cm³/mol. The molecule has 1 aliphatic heterocycles. The minimum Gasteiger partial charge on any atom is -0.493 e. The topological polar surface area (TPSA) is 38.8 Å². The summed E-state index contributed by atoms with van der Waals surface area (Å²) >= 11 is 9.92. The van der Waals surface area contributed by atoms with E-state index in [0.717, 1.165) is 4.47 Å². The lowest BCUT2D eigenvalue weighted by Gasteiger charge is -2.13. The van der Waals surface area contributed by atoms with Crippen molar-refractivity contribution in [2.75, 3.05) is 20.3 Å². The van der Waals surface area contributed by atoms with Crippen LogP contribution in [0, 0.1) is 12.3 Å². The van der Waals surface area contributed by atoms with Gasteiger partial charge in [0.1, 0.15) is 10.9 Å². The van der Waals surface area contributed by atoms with E-state index in [0.29, 0.717) is 32.8 Å². The standard InChI is InChI=1S/C16H14BrNO3S2/c1-4-6-21-14-10(7-11(17)9-12(14)20-3)8-13-15(19)18(5-2)16(22)23-13/h1,7-9H,5-6H2,2-3H3/b13-8-. The molecule has 1 amide bonds. The highest BCUT2D eigenvalue weighted by Crippen LogP contribution is 2.39. The van der Waals surface area contributed by atoms with Crippen LogP contribution in [0.4, 0.5) is 0 Å². The van der Waals surface area contributed by atoms with Crippen molar-refractivity contribution >= 4 is 56.2 Å². The van der Waals surface area contributed by atoms with Gasteiger partial charge in [0.15, 0.2) is 11.5 Å². The summed E-state index contributed by atoms with van der Waals surface area (Å²) in [5.74, 6) is 3.35. The maximum Gasteiger partial charge on any atom is 0.266 e. The normalized spacial score (nSPS) is 15.9. The Morgan fingerprint density at radius 2 is 2.26 bits per heavy atom. The summed E-state index contributed by atoms with van der Waals surface area (Å²) in [4.78, 5) is 14.5. The third-order valence-corrected chi connectivity index (χ3v) is 4.88. The molecule has 1 heterocycles. The van der Waals surface area contributed by atoms with E-state index < -0.39 is 0 Å². The monoisotopic (exact) mass is 411 g/mol. The van der Waals surface area contributed by atoms with Gasteiger partial charge in [-0.1, -0.05) is 45.8 Å². The van der Waals surface area contributed by atoms with Crippen LogP contribution in [-0.4, -0.2) is 35.4 Å². The van der Waals surface area contributed by atoms with Crippen molar-refractivity contribution in [1.82, 2.24) is 4.90 Å². The Balaban J connectivity index is 2.48. The van der Waals surface area contributed by atoms with Gasteiger partial charge < -0.3 is 9.47 Å². The maximum absolute atomic E-state index is 12.3. The molecule has 23 heavy (non-hydrogen) atoms. The van der Waals surface area contributed by atoms with Gasteiger partial charge in [-0.2, -0.15) is 0 Å². The van der Waals surface area contributed by atoms with Crippen LogP contribution in [-0.2, 0) is 4.79 Å². The molecule has 0 unspecified atom stereocenters. The lowest BCUT2D eigenvalue weighted by Crippen LogP contribution is -2.27. The Morgan fingerprint density at radius 3 is 2.83 bits per heavy atom. The molecule has 4 nitrogen and oxygen atoms in total. The number of halogens is 1. The van der Waals surface area contributed by atoms with Gasteiger partial charge in [0.05, 0.1) is 12.0 Å². The van der Waals surface area contributed by atoms with Crippen LogP contribution < -0.4 is 9.47 Å². The summed E-state index contributed by atoms with van der Waals surface area (Å²) in [6.07, 6.45) is 7.01. The molecule has 0 N–H and O–H groups in total. The fourth-order valence-electron chi connectivity index (χ4n) is 2.03. The summed E-state index contributed by atoms with van der Waals surface area (Å²) in [6.45, 7) is 2.54. The van der Waals surface area contributed by atoms with Gasteiger partial charge in [-0.05, 0) is 25.1 Å². The first-order chi connectivity index (χ1) is 11.0. The van der Waals surface area contributed by atoms with E-state index in [4.69, 9.17) is 28.1 Å². The first-order valence-electron chi connectivity index (χ1n) is 6.71. The van der Waals surface area contributed by atoms with Crippen LogP contribution in [0.2, 0.25) is 0 Å². The number of thioether (sulfide) groups is 1. The number of likely N-dealkylation sites (N-methyl/N-ethyl adjacent to an activating group) is 1. The minimum absolute atomic E-state index is 0.106. The number of thiocarbonyl (C=S) groups is 1. The summed E-state index contributed by atoms with van der Waals surface area (Å²) in [6, 6.07) is 3.62. The van der Waals surface area contributed by atoms with Gasteiger partial charge in [-0.25, -0.2) is 0 Å². The smallest absolute Gasteiger partial charge is 0.266 e. The van der Waals surface area contributed by atoms with Gasteiger partial charge >= 0.3 is 0 Å². The fourth-order valence-corrected chi connectivity index (χ4v) is 3.86. The molecule has 2 rings (SSSR count). The summed E-state index contributed by atoms with van der Waals surface area (Å²) in [5.41, 5.74) is 0.697. The van der Waals surface area contributed by atoms with Crippen molar-refractivity contribution in [3.63, 3.8) is 0 Å². The Morgan fingerprint density at radius 1 is 1.52 bits per heavy atom. The quantitative estimate of drug-likeness (QED) is 0.419. The molecule has 0 saturated carbocycles. The zero-order valence-corrected chi connectivity index (χ0v) is 15.8. The number of carbonyl (C=O) groups excluding carboxylic acids is 1. The molecule has 0 spiro atoms. The second kappa shape index (κ2) is 7.86. The third kappa shape index (κ3) is 3.89. The van der Waals surface area contributed by atoms with E-state index >= 15 is 0 Å². The first kappa shape index (κ1) is 17.9. The Kier molecular flexibility index (Phi) is 6.10. The van der Waals surface area contributed by atoms with Gasteiger partial charge in [-0.3, -0.25) is 9.69 Å². The number of amides is 1. The van der Waals surface area contributed by atoms with E-state index in [-0.39, 0.29) is 12.5 Å². The molecule has 120 valence electrons. The average molecular weight is 412 g/mol. The van der Waals surface area contributed by atoms with Crippen molar-refractivity contribution in [2.24, 2.45) is 0 Å². The lowest BCUT2D eigenvalue weighted by atomic mass is 10.1. The van der Waals surface area contributed by atoms with Crippen LogP contribution in [0.25, 0.3) is 6.08 Å². The van der Waals surface area contributed by atoms with Crippen LogP contribution in [0.3, 0.4) is 0 Å². The van der Waals surface area contributed by atoms with E-state index in [9.17, 15) is 4.79 Å². The Labute approximate surface area is 153 Å². The molecule has 1 saturated heterocycles. The zero-order chi connectivity index (χ0) is 17.0. The van der Waals surface area contributed by atoms with Gasteiger partial charge in [0.2, 0.25) is 0 Å². The van der Waals surface area contributed by atoms with E-state index in [1.54, 1.807) is 24.2 Å². The minimum atomic E-state index is -0.107. The Bertz CT molecular complexity index is 725. The number of carbonyl (C=O) groups is 1. The van der Waals surface area contributed by atoms with Gasteiger partial charge in [-0.15, -0.1) is 6.42 Å². The Hall–Kier alpha value is -1.49. The number of ether oxygens (including phenoxy) is 2. The summed E-state index contributed by atoms with van der Waals surface area (Å²) in [7, 11) is 1.55. The largest absolute Gasteiger partial charge is 0.493 e. The molecule has 1 aromatic carbocycles. The van der Waals surface area contributed by atoms with E-state index in [1.165, 1.54) is 11.8 Å². The number of hydrogen-bond acceptors (Lipinski definition) is 5. The van der Waals surface area contributed by atoms with Gasteiger partial charge in [0.25, 0.3) is 5.91 Å². The molecule has 1 fully saturated rings. The number of rotatable bonds is 5. The highest BCUT2D eigenvalue weighted by molar-refractivity contribution is 9.10. The van der Waals surface area contributed by atoms with Crippen molar-refractivity contribution < 1.29 is 14.3 Å². The highest BCUT2D eigenvalue weighted by Gasteiger charge is 2.31. The van der Waals surface area contributed by atoms with E-state index in [1.807, 2.05) is 13.0 Å². The molecular formula is C16H14BrNO3S2. The van der Waals surface area contributed by atoms with Crippen molar-refractivity contribution in [3.8, 4) is 23.8 Å². The van der Waals surface area contributed by atoms with E-state index in [2.05, 4.69) is 21.9 Å². The van der Waals surface area contributed by atoms with Crippen LogP contribution in [0.15, 0.2) is 21.5 Å². The van der Waals surface area contributed by atoms with Crippen LogP contribution >= 0.6 is 39.9 Å². The van der Waals surface area contributed by atoms with Crippen molar-refractivity contribution in [3.05, 3.63) is 27.1 Å². The molecule has 7 heteroatoms. The average Bonchev–Trinajstić information content (AvgIpc) is 2.79. The first-order valence-corrected chi connectivity index (χ1v) is 8.72. The van der Waals surface area contributed by atoms with Crippen LogP contribution in [0.1, 0.15) is 12.5 Å². The van der Waals surface area contributed by atoms with Gasteiger partial charge in [0, 0.05) is 16.6 Å². The molecule has 1 aliphatic rings.